The number of rotatable bonds is 9. The van der Waals surface area contributed by atoms with Crippen molar-refractivity contribution in [1.29, 1.82) is 0 Å². The molecule has 0 radical (unpaired) electrons. The standard InChI is InChI=1S/C23H28N4O5/c1-2-32-23(29)22(15-16-7-13-19(28)14-8-16)24-20-5-3-4-6-21(20)26-25-17-9-11-18(12-10-17)27(30)31/h7-14,20,22,24-25,28H,2-6,15H2,1H3/b26-21+/t20-,22+/m1/s1. The van der Waals surface area contributed by atoms with Crippen LogP contribution in [0.1, 0.15) is 38.2 Å². The Hall–Kier alpha value is -3.46. The van der Waals surface area contributed by atoms with E-state index in [2.05, 4.69) is 15.8 Å². The lowest BCUT2D eigenvalue weighted by Crippen LogP contribution is -2.50. The molecule has 0 saturated heterocycles. The second-order valence-electron chi connectivity index (χ2n) is 7.66. The Morgan fingerprint density at radius 1 is 1.22 bits per heavy atom. The first-order chi connectivity index (χ1) is 15.5. The van der Waals surface area contributed by atoms with E-state index in [1.165, 1.54) is 12.1 Å². The van der Waals surface area contributed by atoms with Gasteiger partial charge in [0.25, 0.3) is 5.69 Å². The van der Waals surface area contributed by atoms with Gasteiger partial charge >= 0.3 is 5.97 Å². The van der Waals surface area contributed by atoms with Gasteiger partial charge in [-0.2, -0.15) is 5.10 Å². The van der Waals surface area contributed by atoms with Crippen molar-refractivity contribution in [3.63, 3.8) is 0 Å². The van der Waals surface area contributed by atoms with Crippen molar-refractivity contribution in [2.45, 2.75) is 51.1 Å². The maximum Gasteiger partial charge on any atom is 0.323 e. The predicted octanol–water partition coefficient (Wildman–Crippen LogP) is 3.77. The molecule has 0 aromatic heterocycles. The summed E-state index contributed by atoms with van der Waals surface area (Å²) in [6.45, 7) is 2.07. The predicted molar refractivity (Wildman–Crippen MR) is 122 cm³/mol. The number of esters is 1. The number of nitro groups is 1. The smallest absolute Gasteiger partial charge is 0.323 e. The first-order valence-electron chi connectivity index (χ1n) is 10.7. The van der Waals surface area contributed by atoms with Gasteiger partial charge in [0.05, 0.1) is 22.9 Å². The minimum Gasteiger partial charge on any atom is -0.508 e. The van der Waals surface area contributed by atoms with Crippen LogP contribution < -0.4 is 10.7 Å². The molecule has 0 heterocycles. The van der Waals surface area contributed by atoms with Crippen LogP contribution in [-0.2, 0) is 16.0 Å². The minimum absolute atomic E-state index is 0.0203. The summed E-state index contributed by atoms with van der Waals surface area (Å²) < 4.78 is 5.28. The van der Waals surface area contributed by atoms with Crippen LogP contribution in [0.3, 0.4) is 0 Å². The normalized spacial score (nSPS) is 18.2. The monoisotopic (exact) mass is 440 g/mol. The van der Waals surface area contributed by atoms with E-state index in [-0.39, 0.29) is 23.4 Å². The van der Waals surface area contributed by atoms with Gasteiger partial charge in [-0.1, -0.05) is 18.6 Å². The summed E-state index contributed by atoms with van der Waals surface area (Å²) in [5, 5.41) is 28.3. The summed E-state index contributed by atoms with van der Waals surface area (Å²) in [5.41, 5.74) is 5.45. The van der Waals surface area contributed by atoms with E-state index in [9.17, 15) is 20.0 Å². The first kappa shape index (κ1) is 23.2. The highest BCUT2D eigenvalue weighted by Gasteiger charge is 2.28. The molecule has 2 aromatic carbocycles. The molecule has 170 valence electrons. The van der Waals surface area contributed by atoms with Crippen molar-refractivity contribution in [3.05, 3.63) is 64.2 Å². The zero-order valence-corrected chi connectivity index (χ0v) is 18.0. The Labute approximate surface area is 186 Å². The molecule has 9 heteroatoms. The van der Waals surface area contributed by atoms with Crippen molar-refractivity contribution >= 4 is 23.1 Å². The van der Waals surface area contributed by atoms with Crippen molar-refractivity contribution in [1.82, 2.24) is 5.32 Å². The molecule has 1 saturated carbocycles. The number of carbonyl (C=O) groups is 1. The number of nitrogens with zero attached hydrogens (tertiary/aromatic N) is 2. The maximum absolute atomic E-state index is 12.6. The Bertz CT molecular complexity index is 944. The lowest BCUT2D eigenvalue weighted by molar-refractivity contribution is -0.384. The molecule has 1 aliphatic rings. The number of aromatic hydroxyl groups is 1. The van der Waals surface area contributed by atoms with Gasteiger partial charge in [-0.25, -0.2) is 0 Å². The van der Waals surface area contributed by atoms with E-state index in [4.69, 9.17) is 4.74 Å². The Balaban J connectivity index is 1.72. The molecule has 0 unspecified atom stereocenters. The topological polar surface area (TPSA) is 126 Å². The third-order valence-corrected chi connectivity index (χ3v) is 5.33. The van der Waals surface area contributed by atoms with Crippen LogP contribution in [0, 0.1) is 10.1 Å². The number of hydrogen-bond donors (Lipinski definition) is 3. The molecule has 3 rings (SSSR count). The number of phenolic OH excluding ortho intramolecular Hbond substituents is 1. The highest BCUT2D eigenvalue weighted by molar-refractivity contribution is 5.91. The van der Waals surface area contributed by atoms with Gasteiger partial charge in [-0.05, 0) is 62.4 Å². The van der Waals surface area contributed by atoms with Gasteiger partial charge in [-0.3, -0.25) is 25.7 Å². The molecule has 2 aromatic rings. The van der Waals surface area contributed by atoms with Crippen molar-refractivity contribution in [3.8, 4) is 5.75 Å². The number of nitro benzene ring substituents is 1. The second-order valence-corrected chi connectivity index (χ2v) is 7.66. The quantitative estimate of drug-likeness (QED) is 0.308. The van der Waals surface area contributed by atoms with E-state index in [1.807, 2.05) is 0 Å². The van der Waals surface area contributed by atoms with E-state index in [1.54, 1.807) is 43.3 Å². The first-order valence-corrected chi connectivity index (χ1v) is 10.7. The van der Waals surface area contributed by atoms with Gasteiger partial charge in [0, 0.05) is 18.2 Å². The van der Waals surface area contributed by atoms with Gasteiger partial charge < -0.3 is 9.84 Å². The molecule has 0 bridgehead atoms. The number of hydrogen-bond acceptors (Lipinski definition) is 8. The molecule has 1 fully saturated rings. The average molecular weight is 441 g/mol. The van der Waals surface area contributed by atoms with E-state index in [0.29, 0.717) is 18.7 Å². The number of benzene rings is 2. The molecule has 0 spiro atoms. The lowest BCUT2D eigenvalue weighted by Gasteiger charge is -2.29. The number of carbonyl (C=O) groups excluding carboxylic acids is 1. The summed E-state index contributed by atoms with van der Waals surface area (Å²) in [4.78, 5) is 23.0. The third-order valence-electron chi connectivity index (χ3n) is 5.33. The zero-order valence-electron chi connectivity index (χ0n) is 18.0. The molecule has 32 heavy (non-hydrogen) atoms. The largest absolute Gasteiger partial charge is 0.508 e. The van der Waals surface area contributed by atoms with Crippen molar-refractivity contribution < 1.29 is 19.6 Å². The van der Waals surface area contributed by atoms with Crippen LogP contribution in [0.15, 0.2) is 53.6 Å². The van der Waals surface area contributed by atoms with Crippen molar-refractivity contribution in [2.24, 2.45) is 5.10 Å². The van der Waals surface area contributed by atoms with Crippen molar-refractivity contribution in [2.75, 3.05) is 12.0 Å². The fraction of sp³-hybridized carbons (Fsp3) is 0.391. The van der Waals surface area contributed by atoms with Gasteiger partial charge in [0.1, 0.15) is 11.8 Å². The number of nitrogens with one attached hydrogen (secondary N) is 2. The Kier molecular flexibility index (Phi) is 8.15. The SMILES string of the molecule is CCOC(=O)[C@H](Cc1ccc(O)cc1)N[C@@H]1CCCC/C1=N\Nc1ccc([N+](=O)[O-])cc1. The number of non-ortho nitro benzene ring substituents is 1. The molecule has 0 amide bonds. The minimum atomic E-state index is -0.549. The summed E-state index contributed by atoms with van der Waals surface area (Å²) in [6.07, 6.45) is 4.07. The number of ether oxygens (including phenoxy) is 1. The number of hydrazone groups is 1. The molecule has 1 aliphatic carbocycles. The summed E-state index contributed by atoms with van der Waals surface area (Å²) in [7, 11) is 0. The number of phenols is 1. The number of anilines is 1. The van der Waals surface area contributed by atoms with Gasteiger partial charge in [0.15, 0.2) is 0 Å². The van der Waals surface area contributed by atoms with Crippen LogP contribution in [-0.4, -0.2) is 40.4 Å². The summed E-state index contributed by atoms with van der Waals surface area (Å²) >= 11 is 0. The van der Waals surface area contributed by atoms with Gasteiger partial charge in [-0.15, -0.1) is 0 Å². The Morgan fingerprint density at radius 3 is 2.59 bits per heavy atom. The molecular weight excluding hydrogens is 412 g/mol. The maximum atomic E-state index is 12.6. The molecule has 9 nitrogen and oxygen atoms in total. The Morgan fingerprint density at radius 2 is 1.94 bits per heavy atom. The van der Waals surface area contributed by atoms with Crippen LogP contribution in [0.5, 0.6) is 5.75 Å². The van der Waals surface area contributed by atoms with E-state index < -0.39 is 11.0 Å². The highest BCUT2D eigenvalue weighted by Crippen LogP contribution is 2.20. The molecular formula is C23H28N4O5. The van der Waals surface area contributed by atoms with Crippen LogP contribution in [0.4, 0.5) is 11.4 Å². The average Bonchev–Trinajstić information content (AvgIpc) is 2.80. The summed E-state index contributed by atoms with van der Waals surface area (Å²) in [6, 6.07) is 12.2. The zero-order chi connectivity index (χ0) is 22.9. The fourth-order valence-corrected chi connectivity index (χ4v) is 3.67. The molecule has 0 aliphatic heterocycles. The van der Waals surface area contributed by atoms with E-state index in [0.717, 1.165) is 37.0 Å². The van der Waals surface area contributed by atoms with E-state index >= 15 is 0 Å². The van der Waals surface area contributed by atoms with Gasteiger partial charge in [0.2, 0.25) is 0 Å². The van der Waals surface area contributed by atoms with Crippen LogP contribution >= 0.6 is 0 Å². The fourth-order valence-electron chi connectivity index (χ4n) is 3.67. The van der Waals surface area contributed by atoms with Crippen LogP contribution in [0.25, 0.3) is 0 Å². The van der Waals surface area contributed by atoms with Crippen LogP contribution in [0.2, 0.25) is 0 Å². The molecule has 3 N–H and O–H groups in total. The second kappa shape index (κ2) is 11.2. The molecule has 2 atom stereocenters. The summed E-state index contributed by atoms with van der Waals surface area (Å²) in [5.74, 6) is -0.151. The highest BCUT2D eigenvalue weighted by atomic mass is 16.6. The third kappa shape index (κ3) is 6.52. The lowest BCUT2D eigenvalue weighted by atomic mass is 9.92.